The molecule has 3 rings (SSSR count). The van der Waals surface area contributed by atoms with Crippen LogP contribution >= 0.6 is 11.8 Å². The average Bonchev–Trinajstić information content (AvgIpc) is 2.48. The van der Waals surface area contributed by atoms with Gasteiger partial charge in [0.15, 0.2) is 0 Å². The van der Waals surface area contributed by atoms with Crippen LogP contribution in [0, 0.1) is 0 Å². The van der Waals surface area contributed by atoms with Crippen molar-refractivity contribution in [2.45, 2.75) is 23.1 Å². The average molecular weight is 283 g/mol. The quantitative estimate of drug-likeness (QED) is 0.748. The topological polar surface area (TPSA) is 58.9 Å². The molecule has 0 amide bonds. The van der Waals surface area contributed by atoms with Gasteiger partial charge in [-0.2, -0.15) is 0 Å². The molecule has 1 aromatic carbocycles. The molecule has 0 spiro atoms. The Bertz CT molecular complexity index is 741. The van der Waals surface area contributed by atoms with Crippen molar-refractivity contribution in [2.24, 2.45) is 0 Å². The van der Waals surface area contributed by atoms with Crippen molar-refractivity contribution in [3.63, 3.8) is 0 Å². The predicted octanol–water partition coefficient (Wildman–Crippen LogP) is 3.23. The molecule has 0 aliphatic heterocycles. The fourth-order valence-electron chi connectivity index (χ4n) is 1.90. The molecule has 1 unspecified atom stereocenters. The molecule has 4 nitrogen and oxygen atoms in total. The van der Waals surface area contributed by atoms with Crippen LogP contribution in [0.25, 0.3) is 10.9 Å². The zero-order valence-corrected chi connectivity index (χ0v) is 11.7. The maximum atomic E-state index is 9.62. The zero-order valence-electron chi connectivity index (χ0n) is 10.9. The van der Waals surface area contributed by atoms with Crippen LogP contribution in [0.2, 0.25) is 0 Å². The number of aromatic nitrogens is 3. The molecule has 3 aromatic rings. The minimum atomic E-state index is -0.500. The number of aliphatic hydroxyl groups is 1. The number of pyridine rings is 1. The first-order chi connectivity index (χ1) is 9.74. The summed E-state index contributed by atoms with van der Waals surface area (Å²) in [7, 11) is 0. The molecule has 0 saturated heterocycles. The Balaban J connectivity index is 1.99. The summed E-state index contributed by atoms with van der Waals surface area (Å²) >= 11 is 1.48. The number of rotatable bonds is 3. The molecule has 20 heavy (non-hydrogen) atoms. The third-order valence-electron chi connectivity index (χ3n) is 2.95. The van der Waals surface area contributed by atoms with Gasteiger partial charge < -0.3 is 5.11 Å². The molecule has 2 aromatic heterocycles. The number of hydrogen-bond acceptors (Lipinski definition) is 5. The van der Waals surface area contributed by atoms with Crippen molar-refractivity contribution >= 4 is 22.7 Å². The Kier molecular flexibility index (Phi) is 3.62. The molecule has 0 fully saturated rings. The van der Waals surface area contributed by atoms with Gasteiger partial charge in [0.25, 0.3) is 0 Å². The predicted molar refractivity (Wildman–Crippen MR) is 78.5 cm³/mol. The SMILES string of the molecule is CC(O)c1ccnc(Sc2ncnc3ccccc23)c1. The van der Waals surface area contributed by atoms with E-state index >= 15 is 0 Å². The highest BCUT2D eigenvalue weighted by molar-refractivity contribution is 7.99. The van der Waals surface area contributed by atoms with Crippen LogP contribution in [0.3, 0.4) is 0 Å². The molecule has 5 heteroatoms. The van der Waals surface area contributed by atoms with Crippen LogP contribution < -0.4 is 0 Å². The summed E-state index contributed by atoms with van der Waals surface area (Å²) < 4.78 is 0. The van der Waals surface area contributed by atoms with Gasteiger partial charge in [0, 0.05) is 11.6 Å². The van der Waals surface area contributed by atoms with E-state index in [-0.39, 0.29) is 0 Å². The van der Waals surface area contributed by atoms with Crippen molar-refractivity contribution < 1.29 is 5.11 Å². The van der Waals surface area contributed by atoms with Gasteiger partial charge in [-0.1, -0.05) is 18.2 Å². The molecule has 0 saturated carbocycles. The number of hydrogen-bond donors (Lipinski definition) is 1. The first-order valence-electron chi connectivity index (χ1n) is 6.25. The summed E-state index contributed by atoms with van der Waals surface area (Å²) in [4.78, 5) is 12.9. The number of fused-ring (bicyclic) bond motifs is 1. The fourth-order valence-corrected chi connectivity index (χ4v) is 2.79. The third kappa shape index (κ3) is 2.64. The summed E-state index contributed by atoms with van der Waals surface area (Å²) in [6, 6.07) is 11.6. The van der Waals surface area contributed by atoms with E-state index in [1.807, 2.05) is 36.4 Å². The van der Waals surface area contributed by atoms with Gasteiger partial charge in [0.05, 0.1) is 11.6 Å². The van der Waals surface area contributed by atoms with Crippen LogP contribution in [0.4, 0.5) is 0 Å². The van der Waals surface area contributed by atoms with Crippen molar-refractivity contribution in [1.29, 1.82) is 0 Å². The minimum Gasteiger partial charge on any atom is -0.389 e. The van der Waals surface area contributed by atoms with Gasteiger partial charge in [-0.3, -0.25) is 0 Å². The van der Waals surface area contributed by atoms with E-state index in [9.17, 15) is 5.11 Å². The maximum Gasteiger partial charge on any atom is 0.117 e. The van der Waals surface area contributed by atoms with Crippen LogP contribution in [0.15, 0.2) is 59.0 Å². The standard InChI is InChI=1S/C15H13N3OS/c1-10(19)11-6-7-16-14(8-11)20-15-12-4-2-3-5-13(12)17-9-18-15/h2-10,19H,1H3. The second-order valence-corrected chi connectivity index (χ2v) is 5.41. The molecular weight excluding hydrogens is 270 g/mol. The Labute approximate surface area is 120 Å². The van der Waals surface area contributed by atoms with E-state index in [0.717, 1.165) is 26.5 Å². The lowest BCUT2D eigenvalue weighted by Gasteiger charge is -2.07. The van der Waals surface area contributed by atoms with Crippen LogP contribution in [0.5, 0.6) is 0 Å². The molecule has 1 atom stereocenters. The zero-order chi connectivity index (χ0) is 13.9. The van der Waals surface area contributed by atoms with E-state index in [1.54, 1.807) is 19.4 Å². The van der Waals surface area contributed by atoms with Crippen LogP contribution in [-0.2, 0) is 0 Å². The van der Waals surface area contributed by atoms with Crippen molar-refractivity contribution in [1.82, 2.24) is 15.0 Å². The summed E-state index contributed by atoms with van der Waals surface area (Å²) in [5.74, 6) is 0. The van der Waals surface area contributed by atoms with Crippen molar-refractivity contribution in [3.8, 4) is 0 Å². The van der Waals surface area contributed by atoms with Crippen LogP contribution in [-0.4, -0.2) is 20.1 Å². The summed E-state index contributed by atoms with van der Waals surface area (Å²) in [6.45, 7) is 1.74. The Morgan fingerprint density at radius 2 is 1.95 bits per heavy atom. The van der Waals surface area contributed by atoms with Crippen LogP contribution in [0.1, 0.15) is 18.6 Å². The Morgan fingerprint density at radius 1 is 1.10 bits per heavy atom. The van der Waals surface area contributed by atoms with Gasteiger partial charge in [0.2, 0.25) is 0 Å². The third-order valence-corrected chi connectivity index (χ3v) is 3.90. The number of aliphatic hydroxyl groups excluding tert-OH is 1. The van der Waals surface area contributed by atoms with E-state index in [0.29, 0.717) is 0 Å². The second kappa shape index (κ2) is 5.56. The lowest BCUT2D eigenvalue weighted by Crippen LogP contribution is -1.93. The second-order valence-electron chi connectivity index (χ2n) is 4.40. The van der Waals surface area contributed by atoms with Gasteiger partial charge in [-0.15, -0.1) is 0 Å². The lowest BCUT2D eigenvalue weighted by atomic mass is 10.2. The number of para-hydroxylation sites is 1. The normalized spacial score (nSPS) is 12.5. The molecule has 0 radical (unpaired) electrons. The van der Waals surface area contributed by atoms with E-state index < -0.39 is 6.10 Å². The highest BCUT2D eigenvalue weighted by Crippen LogP contribution is 2.30. The molecule has 1 N–H and O–H groups in total. The summed E-state index contributed by atoms with van der Waals surface area (Å²) in [5, 5.41) is 12.3. The van der Waals surface area contributed by atoms with Gasteiger partial charge >= 0.3 is 0 Å². The highest BCUT2D eigenvalue weighted by atomic mass is 32.2. The fraction of sp³-hybridized carbons (Fsp3) is 0.133. The monoisotopic (exact) mass is 283 g/mol. The molecular formula is C15H13N3OS. The van der Waals surface area contributed by atoms with Crippen molar-refractivity contribution in [3.05, 3.63) is 54.5 Å². The molecule has 0 aliphatic carbocycles. The number of nitrogens with zero attached hydrogens (tertiary/aromatic N) is 3. The van der Waals surface area contributed by atoms with E-state index in [4.69, 9.17) is 0 Å². The summed E-state index contributed by atoms with van der Waals surface area (Å²) in [5.41, 5.74) is 1.76. The van der Waals surface area contributed by atoms with Gasteiger partial charge in [0.1, 0.15) is 16.4 Å². The lowest BCUT2D eigenvalue weighted by molar-refractivity contribution is 0.199. The number of benzene rings is 1. The van der Waals surface area contributed by atoms with E-state index in [2.05, 4.69) is 15.0 Å². The first-order valence-corrected chi connectivity index (χ1v) is 7.07. The Morgan fingerprint density at radius 3 is 2.80 bits per heavy atom. The molecule has 2 heterocycles. The molecule has 0 aliphatic rings. The highest BCUT2D eigenvalue weighted by Gasteiger charge is 2.08. The minimum absolute atomic E-state index is 0.500. The van der Waals surface area contributed by atoms with E-state index in [1.165, 1.54) is 11.8 Å². The maximum absolute atomic E-state index is 9.62. The van der Waals surface area contributed by atoms with Crippen molar-refractivity contribution in [2.75, 3.05) is 0 Å². The summed E-state index contributed by atoms with van der Waals surface area (Å²) in [6.07, 6.45) is 2.76. The molecule has 0 bridgehead atoms. The largest absolute Gasteiger partial charge is 0.389 e. The smallest absolute Gasteiger partial charge is 0.117 e. The molecule has 100 valence electrons. The Hall–Kier alpha value is -1.98. The van der Waals surface area contributed by atoms with Gasteiger partial charge in [-0.25, -0.2) is 15.0 Å². The van der Waals surface area contributed by atoms with Gasteiger partial charge in [-0.05, 0) is 42.4 Å². The first kappa shape index (κ1) is 13.0.